The van der Waals surface area contributed by atoms with Crippen LogP contribution in [0.5, 0.6) is 0 Å². The first-order valence-corrected chi connectivity index (χ1v) is 11.1. The number of ether oxygens (including phenoxy) is 1. The molecular weight excluding hydrogens is 515 g/mol. The van der Waals surface area contributed by atoms with E-state index in [9.17, 15) is 42.5 Å². The molecule has 0 saturated carbocycles. The van der Waals surface area contributed by atoms with Gasteiger partial charge in [0, 0.05) is 31.3 Å². The lowest BCUT2D eigenvalue weighted by atomic mass is 10.0. The molecule has 0 aliphatic carbocycles. The van der Waals surface area contributed by atoms with Crippen LogP contribution in [0.4, 0.5) is 24.7 Å². The summed E-state index contributed by atoms with van der Waals surface area (Å²) in [6, 6.07) is 6.91. The second-order valence-corrected chi connectivity index (χ2v) is 7.96. The summed E-state index contributed by atoms with van der Waals surface area (Å²) in [6.45, 7) is 1.79. The van der Waals surface area contributed by atoms with Crippen LogP contribution in [0.25, 0.3) is 0 Å². The van der Waals surface area contributed by atoms with E-state index < -0.39 is 59.5 Å². The number of nitro groups is 1. The maximum atomic E-state index is 12.4. The van der Waals surface area contributed by atoms with Gasteiger partial charge in [0.25, 0.3) is 5.69 Å². The Balaban J connectivity index is 1.92. The quantitative estimate of drug-likeness (QED) is 0.121. The van der Waals surface area contributed by atoms with Gasteiger partial charge < -0.3 is 20.7 Å². The molecule has 2 aromatic rings. The maximum absolute atomic E-state index is 12.4. The van der Waals surface area contributed by atoms with Crippen molar-refractivity contribution in [2.75, 3.05) is 18.4 Å². The Kier molecular flexibility index (Phi) is 10.7. The van der Waals surface area contributed by atoms with Crippen molar-refractivity contribution < 1.29 is 42.0 Å². The lowest BCUT2D eigenvalue weighted by Gasteiger charge is -2.19. The van der Waals surface area contributed by atoms with Crippen LogP contribution in [0.3, 0.4) is 0 Å². The van der Waals surface area contributed by atoms with E-state index in [0.29, 0.717) is 18.8 Å². The molecule has 2 amide bonds. The van der Waals surface area contributed by atoms with E-state index in [1.807, 2.05) is 19.1 Å². The summed E-state index contributed by atoms with van der Waals surface area (Å²) in [7, 11) is 0. The Morgan fingerprint density at radius 2 is 1.87 bits per heavy atom. The largest absolute Gasteiger partial charge is 0.491 e. The van der Waals surface area contributed by atoms with Crippen molar-refractivity contribution in [2.45, 2.75) is 38.4 Å². The predicted molar refractivity (Wildman–Crippen MR) is 125 cm³/mol. The van der Waals surface area contributed by atoms with Crippen LogP contribution in [0.2, 0.25) is 0 Å². The molecule has 0 bridgehead atoms. The normalized spacial score (nSPS) is 11.7. The van der Waals surface area contributed by atoms with Crippen molar-refractivity contribution in [3.05, 3.63) is 63.8 Å². The number of hydrogen-bond donors (Lipinski definition) is 3. The van der Waals surface area contributed by atoms with Gasteiger partial charge in [0.1, 0.15) is 5.82 Å². The summed E-state index contributed by atoms with van der Waals surface area (Å²) in [6.07, 6.45) is -4.25. The second-order valence-electron chi connectivity index (χ2n) is 7.96. The topological polar surface area (TPSA) is 170 Å². The molecule has 0 saturated heterocycles. The minimum Gasteiger partial charge on any atom is -0.386 e. The zero-order valence-corrected chi connectivity index (χ0v) is 20.0. The molecule has 1 aromatic carbocycles. The Hall–Kier alpha value is -4.56. The van der Waals surface area contributed by atoms with Crippen molar-refractivity contribution in [1.82, 2.24) is 15.6 Å². The number of non-ortho nitro benzene ring substituents is 1. The molecule has 2 rings (SSSR count). The number of anilines is 1. The molecule has 0 aliphatic heterocycles. The van der Waals surface area contributed by atoms with Gasteiger partial charge >= 0.3 is 18.1 Å². The summed E-state index contributed by atoms with van der Waals surface area (Å²) in [5.41, 5.74) is 0.588. The number of nitrogens with zero attached hydrogens (tertiary/aromatic N) is 2. The third kappa shape index (κ3) is 10.2. The Morgan fingerprint density at radius 3 is 2.53 bits per heavy atom. The third-order valence-electron chi connectivity index (χ3n) is 4.88. The van der Waals surface area contributed by atoms with Gasteiger partial charge in [-0.25, -0.2) is 9.78 Å². The molecular formula is C23H24F3N5O7. The van der Waals surface area contributed by atoms with Gasteiger partial charge in [-0.05, 0) is 36.6 Å². The fourth-order valence-electron chi connectivity index (χ4n) is 3.09. The summed E-state index contributed by atoms with van der Waals surface area (Å²) in [4.78, 5) is 61.7. The number of carbonyl (C=O) groups excluding carboxylic acids is 4. The summed E-state index contributed by atoms with van der Waals surface area (Å²) in [5, 5.41) is 18.8. The van der Waals surface area contributed by atoms with Crippen LogP contribution in [0, 0.1) is 17.0 Å². The number of esters is 2. The molecule has 3 N–H and O–H groups in total. The summed E-state index contributed by atoms with van der Waals surface area (Å²) >= 11 is 0. The number of benzene rings is 1. The molecule has 0 fully saturated rings. The highest BCUT2D eigenvalue weighted by Gasteiger charge is 2.42. The van der Waals surface area contributed by atoms with E-state index >= 15 is 0 Å². The smallest absolute Gasteiger partial charge is 0.386 e. The Labute approximate surface area is 214 Å². The van der Waals surface area contributed by atoms with E-state index in [0.717, 1.165) is 17.7 Å². The van der Waals surface area contributed by atoms with E-state index in [4.69, 9.17) is 0 Å². The summed E-state index contributed by atoms with van der Waals surface area (Å²) in [5.74, 6) is -5.03. The minimum absolute atomic E-state index is 0.00823. The van der Waals surface area contributed by atoms with E-state index in [1.54, 1.807) is 6.20 Å². The van der Waals surface area contributed by atoms with Crippen LogP contribution in [-0.4, -0.2) is 52.9 Å². The number of nitro benzene ring substituents is 1. The second kappa shape index (κ2) is 13.7. The molecule has 0 radical (unpaired) electrons. The Morgan fingerprint density at radius 1 is 1.13 bits per heavy atom. The minimum atomic E-state index is -5.42. The molecule has 0 unspecified atom stereocenters. The lowest BCUT2D eigenvalue weighted by molar-refractivity contribution is -0.384. The first kappa shape index (κ1) is 29.7. The zero-order chi connectivity index (χ0) is 28.3. The fraction of sp³-hybridized carbons (Fsp3) is 0.348. The highest BCUT2D eigenvalue weighted by Crippen LogP contribution is 2.23. The van der Waals surface area contributed by atoms with Crippen molar-refractivity contribution in [3.63, 3.8) is 0 Å². The number of hydrogen-bond acceptors (Lipinski definition) is 9. The fourth-order valence-corrected chi connectivity index (χ4v) is 3.09. The number of amides is 2. The number of nitrogens with one attached hydrogen (secondary N) is 3. The predicted octanol–water partition coefficient (Wildman–Crippen LogP) is 2.49. The Bertz CT molecular complexity index is 1190. The van der Waals surface area contributed by atoms with Crippen LogP contribution in [0.1, 0.15) is 36.4 Å². The van der Waals surface area contributed by atoms with Gasteiger partial charge in [-0.2, -0.15) is 13.2 Å². The number of carbonyl (C=O) groups is 4. The van der Waals surface area contributed by atoms with Crippen LogP contribution < -0.4 is 16.0 Å². The van der Waals surface area contributed by atoms with Crippen LogP contribution >= 0.6 is 0 Å². The van der Waals surface area contributed by atoms with Crippen molar-refractivity contribution in [2.24, 2.45) is 0 Å². The third-order valence-corrected chi connectivity index (χ3v) is 4.88. The summed E-state index contributed by atoms with van der Waals surface area (Å²) < 4.78 is 40.9. The standard InChI is InChI=1S/C23H24F3N5O7/c1-14-7-9-28-18(10-14)27-8-3-6-19(32)29-13-20(33)30-17(12-21(34)38-22(35)23(24,25)26)15-4-2-5-16(11-15)31(36)37/h2,4-5,7,9-11,17H,3,6,8,12-13H2,1H3,(H,27,28)(H,29,32)(H,30,33)/t17-/m1/s1. The number of aryl methyl sites for hydroxylation is 1. The van der Waals surface area contributed by atoms with E-state index in [-0.39, 0.29) is 12.0 Å². The molecule has 0 aliphatic rings. The molecule has 0 spiro atoms. The van der Waals surface area contributed by atoms with Crippen molar-refractivity contribution >= 4 is 35.3 Å². The van der Waals surface area contributed by atoms with Gasteiger partial charge in [0.15, 0.2) is 0 Å². The average molecular weight is 539 g/mol. The molecule has 204 valence electrons. The van der Waals surface area contributed by atoms with Crippen LogP contribution in [0.15, 0.2) is 42.6 Å². The molecule has 38 heavy (non-hydrogen) atoms. The molecule has 12 nitrogen and oxygen atoms in total. The van der Waals surface area contributed by atoms with Crippen molar-refractivity contribution in [1.29, 1.82) is 0 Å². The number of aromatic nitrogens is 1. The highest BCUT2D eigenvalue weighted by atomic mass is 19.4. The van der Waals surface area contributed by atoms with Crippen LogP contribution in [-0.2, 0) is 23.9 Å². The van der Waals surface area contributed by atoms with Gasteiger partial charge in [0.2, 0.25) is 11.8 Å². The first-order valence-electron chi connectivity index (χ1n) is 11.1. The van der Waals surface area contributed by atoms with Gasteiger partial charge in [-0.1, -0.05) is 12.1 Å². The number of rotatable bonds is 12. The average Bonchev–Trinajstić information content (AvgIpc) is 2.84. The maximum Gasteiger partial charge on any atom is 0.491 e. The monoisotopic (exact) mass is 539 g/mol. The molecule has 15 heteroatoms. The van der Waals surface area contributed by atoms with E-state index in [1.165, 1.54) is 12.1 Å². The van der Waals surface area contributed by atoms with Gasteiger partial charge in [0.05, 0.1) is 23.9 Å². The highest BCUT2D eigenvalue weighted by molar-refractivity contribution is 5.89. The van der Waals surface area contributed by atoms with E-state index in [2.05, 4.69) is 25.7 Å². The van der Waals surface area contributed by atoms with Crippen molar-refractivity contribution in [3.8, 4) is 0 Å². The first-order chi connectivity index (χ1) is 17.8. The number of pyridine rings is 1. The SMILES string of the molecule is Cc1ccnc(NCCCC(=O)NCC(=O)N[C@H](CC(=O)OC(=O)C(F)(F)F)c2cccc([N+](=O)[O-])c2)c1. The molecule has 1 atom stereocenters. The molecule has 1 heterocycles. The number of halogens is 3. The zero-order valence-electron chi connectivity index (χ0n) is 20.0. The van der Waals surface area contributed by atoms with Gasteiger partial charge in [-0.15, -0.1) is 0 Å². The lowest BCUT2D eigenvalue weighted by Crippen LogP contribution is -2.39. The van der Waals surface area contributed by atoms with Gasteiger partial charge in [-0.3, -0.25) is 24.5 Å². The molecule has 1 aromatic heterocycles. The number of alkyl halides is 3.